The number of nitrogens with one attached hydrogen (secondary N) is 1. The van der Waals surface area contributed by atoms with Gasteiger partial charge in [0.2, 0.25) is 0 Å². The number of piperidine rings is 1. The van der Waals surface area contributed by atoms with Crippen LogP contribution in [-0.2, 0) is 0 Å². The van der Waals surface area contributed by atoms with E-state index in [1.165, 1.54) is 67.3 Å². The molecular weight excluding hydrogens is 430 g/mol. The number of unbranched alkanes of at least 4 members (excludes halogenated alkanes) is 1. The van der Waals surface area contributed by atoms with Crippen molar-refractivity contribution in [3.63, 3.8) is 0 Å². The fourth-order valence-electron chi connectivity index (χ4n) is 5.44. The summed E-state index contributed by atoms with van der Waals surface area (Å²) in [6, 6.07) is 7.06. The number of aromatic amines is 1. The normalized spacial score (nSPS) is 15.9. The summed E-state index contributed by atoms with van der Waals surface area (Å²) in [5, 5.41) is 10.2. The van der Waals surface area contributed by atoms with Gasteiger partial charge in [-0.05, 0) is 86.5 Å². The van der Waals surface area contributed by atoms with Crippen molar-refractivity contribution in [2.45, 2.75) is 65.2 Å². The maximum Gasteiger partial charge on any atom is 0.179 e. The standard InChI is InChI=1S/C27H34ClN5/c1-5-6-11-32-12-9-19(10-13-32)20-7-8-23-21(14-20)24(17(2)3)26(30-23)22-15-33-16-29-31-27(33)25(28)18(22)4/h7-8,14-17,19,30H,5-6,9-13H2,1-4H3. The second-order valence-electron chi connectivity index (χ2n) is 9.89. The molecule has 4 aromatic rings. The van der Waals surface area contributed by atoms with Gasteiger partial charge in [0.05, 0.1) is 10.7 Å². The lowest BCUT2D eigenvalue weighted by molar-refractivity contribution is 0.210. The fraction of sp³-hybridized carbons (Fsp3) is 0.481. The van der Waals surface area contributed by atoms with Crippen LogP contribution in [0.1, 0.15) is 75.0 Å². The molecule has 0 amide bonds. The van der Waals surface area contributed by atoms with E-state index in [0.717, 1.165) is 16.8 Å². The average Bonchev–Trinajstić information content (AvgIpc) is 3.44. The van der Waals surface area contributed by atoms with Crippen LogP contribution in [0, 0.1) is 6.92 Å². The molecule has 6 heteroatoms. The van der Waals surface area contributed by atoms with E-state index in [4.69, 9.17) is 11.6 Å². The molecule has 1 aliphatic heterocycles. The molecule has 5 rings (SSSR count). The molecule has 33 heavy (non-hydrogen) atoms. The predicted octanol–water partition coefficient (Wildman–Crippen LogP) is 6.94. The first-order chi connectivity index (χ1) is 16.0. The maximum atomic E-state index is 6.68. The molecule has 1 aliphatic rings. The zero-order valence-electron chi connectivity index (χ0n) is 20.2. The molecule has 5 nitrogen and oxygen atoms in total. The van der Waals surface area contributed by atoms with Gasteiger partial charge in [0.1, 0.15) is 6.33 Å². The molecule has 0 atom stereocenters. The summed E-state index contributed by atoms with van der Waals surface area (Å²) in [6.45, 7) is 12.6. The molecule has 1 aromatic carbocycles. The Morgan fingerprint density at radius 3 is 2.73 bits per heavy atom. The first-order valence-corrected chi connectivity index (χ1v) is 12.7. The van der Waals surface area contributed by atoms with Gasteiger partial charge in [-0.1, -0.05) is 44.9 Å². The molecular formula is C27H34ClN5. The molecule has 0 radical (unpaired) electrons. The van der Waals surface area contributed by atoms with Crippen LogP contribution >= 0.6 is 11.6 Å². The van der Waals surface area contributed by atoms with Crippen LogP contribution in [-0.4, -0.2) is 44.1 Å². The first-order valence-electron chi connectivity index (χ1n) is 12.3. The zero-order valence-corrected chi connectivity index (χ0v) is 20.9. The summed E-state index contributed by atoms with van der Waals surface area (Å²) >= 11 is 6.68. The van der Waals surface area contributed by atoms with Crippen molar-refractivity contribution < 1.29 is 0 Å². The van der Waals surface area contributed by atoms with Crippen molar-refractivity contribution in [1.29, 1.82) is 0 Å². The van der Waals surface area contributed by atoms with Crippen LogP contribution in [0.4, 0.5) is 0 Å². The molecule has 0 bridgehead atoms. The van der Waals surface area contributed by atoms with Gasteiger partial charge >= 0.3 is 0 Å². The van der Waals surface area contributed by atoms with E-state index in [2.05, 4.69) is 72.2 Å². The van der Waals surface area contributed by atoms with E-state index in [9.17, 15) is 0 Å². The van der Waals surface area contributed by atoms with E-state index in [0.29, 0.717) is 22.5 Å². The summed E-state index contributed by atoms with van der Waals surface area (Å²) in [4.78, 5) is 6.37. The van der Waals surface area contributed by atoms with Crippen LogP contribution in [0.5, 0.6) is 0 Å². The summed E-state index contributed by atoms with van der Waals surface area (Å²) < 4.78 is 1.91. The highest BCUT2D eigenvalue weighted by molar-refractivity contribution is 6.34. The average molecular weight is 464 g/mol. The predicted molar refractivity (Wildman–Crippen MR) is 137 cm³/mol. The van der Waals surface area contributed by atoms with Crippen molar-refractivity contribution in [3.05, 3.63) is 52.4 Å². The molecule has 4 heterocycles. The number of benzene rings is 1. The first kappa shape index (κ1) is 22.4. The quantitative estimate of drug-likeness (QED) is 0.336. The summed E-state index contributed by atoms with van der Waals surface area (Å²) in [5.74, 6) is 1.03. The van der Waals surface area contributed by atoms with Crippen LogP contribution in [0.3, 0.4) is 0 Å². The summed E-state index contributed by atoms with van der Waals surface area (Å²) in [7, 11) is 0. The number of hydrogen-bond acceptors (Lipinski definition) is 3. The monoisotopic (exact) mass is 463 g/mol. The third-order valence-corrected chi connectivity index (χ3v) is 7.82. The Morgan fingerprint density at radius 1 is 1.21 bits per heavy atom. The topological polar surface area (TPSA) is 49.2 Å². The Labute approximate surface area is 201 Å². The van der Waals surface area contributed by atoms with Crippen LogP contribution in [0.15, 0.2) is 30.7 Å². The highest BCUT2D eigenvalue weighted by Gasteiger charge is 2.24. The smallest absolute Gasteiger partial charge is 0.179 e. The Bertz CT molecular complexity index is 1280. The van der Waals surface area contributed by atoms with Crippen LogP contribution < -0.4 is 0 Å². The van der Waals surface area contributed by atoms with Gasteiger partial charge in [0.15, 0.2) is 5.65 Å². The number of hydrogen-bond donors (Lipinski definition) is 1. The zero-order chi connectivity index (χ0) is 23.1. The van der Waals surface area contributed by atoms with E-state index in [1.54, 1.807) is 6.33 Å². The number of pyridine rings is 1. The van der Waals surface area contributed by atoms with Gasteiger partial charge < -0.3 is 9.88 Å². The number of likely N-dealkylation sites (tertiary alicyclic amines) is 1. The molecule has 1 fully saturated rings. The number of fused-ring (bicyclic) bond motifs is 2. The number of aromatic nitrogens is 4. The van der Waals surface area contributed by atoms with Crippen molar-refractivity contribution in [2.75, 3.05) is 19.6 Å². The molecule has 0 unspecified atom stereocenters. The minimum absolute atomic E-state index is 0.384. The van der Waals surface area contributed by atoms with Gasteiger partial charge in [-0.2, -0.15) is 0 Å². The minimum atomic E-state index is 0.384. The van der Waals surface area contributed by atoms with Crippen molar-refractivity contribution in [1.82, 2.24) is 24.5 Å². The summed E-state index contributed by atoms with van der Waals surface area (Å²) in [5.41, 5.74) is 8.03. The van der Waals surface area contributed by atoms with Gasteiger partial charge in [0.25, 0.3) is 0 Å². The molecule has 3 aromatic heterocycles. The van der Waals surface area contributed by atoms with Gasteiger partial charge in [-0.25, -0.2) is 0 Å². The second kappa shape index (κ2) is 9.11. The molecule has 1 N–H and O–H groups in total. The van der Waals surface area contributed by atoms with Gasteiger partial charge in [-0.15, -0.1) is 10.2 Å². The Balaban J connectivity index is 1.54. The van der Waals surface area contributed by atoms with Crippen LogP contribution in [0.25, 0.3) is 27.8 Å². The molecule has 174 valence electrons. The van der Waals surface area contributed by atoms with Crippen LogP contribution in [0.2, 0.25) is 5.02 Å². The lowest BCUT2D eigenvalue weighted by Crippen LogP contribution is -2.33. The largest absolute Gasteiger partial charge is 0.354 e. The van der Waals surface area contributed by atoms with Gasteiger partial charge in [0, 0.05) is 22.7 Å². The SMILES string of the molecule is CCCCN1CCC(c2ccc3[nH]c(-c4cn5cnnc5c(Cl)c4C)c(C(C)C)c3c2)CC1. The van der Waals surface area contributed by atoms with Crippen molar-refractivity contribution >= 4 is 28.2 Å². The number of H-pyrrole nitrogens is 1. The van der Waals surface area contributed by atoms with Crippen molar-refractivity contribution in [2.24, 2.45) is 0 Å². The minimum Gasteiger partial charge on any atom is -0.354 e. The summed E-state index contributed by atoms with van der Waals surface area (Å²) in [6.07, 6.45) is 8.90. The van der Waals surface area contributed by atoms with E-state index in [1.807, 2.05) is 4.40 Å². The molecule has 0 aliphatic carbocycles. The molecule has 0 saturated carbocycles. The van der Waals surface area contributed by atoms with Gasteiger partial charge in [-0.3, -0.25) is 4.40 Å². The third kappa shape index (κ3) is 4.06. The van der Waals surface area contributed by atoms with E-state index in [-0.39, 0.29) is 0 Å². The molecule has 0 spiro atoms. The number of rotatable bonds is 6. The third-order valence-electron chi connectivity index (χ3n) is 7.37. The molecule has 1 saturated heterocycles. The lowest BCUT2D eigenvalue weighted by Gasteiger charge is -2.32. The lowest BCUT2D eigenvalue weighted by atomic mass is 9.87. The number of halogens is 1. The van der Waals surface area contributed by atoms with E-state index < -0.39 is 0 Å². The highest BCUT2D eigenvalue weighted by Crippen LogP contribution is 2.40. The Kier molecular flexibility index (Phi) is 6.19. The Hall–Kier alpha value is -2.37. The second-order valence-corrected chi connectivity index (χ2v) is 10.3. The Morgan fingerprint density at radius 2 is 2.00 bits per heavy atom. The van der Waals surface area contributed by atoms with Crippen molar-refractivity contribution in [3.8, 4) is 11.3 Å². The van der Waals surface area contributed by atoms with E-state index >= 15 is 0 Å². The maximum absolute atomic E-state index is 6.68. The fourth-order valence-corrected chi connectivity index (χ4v) is 5.67. The number of nitrogens with zero attached hydrogens (tertiary/aromatic N) is 4. The highest BCUT2D eigenvalue weighted by atomic mass is 35.5.